The van der Waals surface area contributed by atoms with Crippen LogP contribution in [0.15, 0.2) is 12.1 Å². The molecule has 4 rings (SSSR count). The Morgan fingerprint density at radius 3 is 1.32 bits per heavy atom. The second kappa shape index (κ2) is 6.08. The summed E-state index contributed by atoms with van der Waals surface area (Å²) in [5.41, 5.74) is 14.3. The van der Waals surface area contributed by atoms with Crippen molar-refractivity contribution in [1.82, 2.24) is 0 Å². The van der Waals surface area contributed by atoms with Gasteiger partial charge in [0, 0.05) is 0 Å². The molecule has 0 radical (unpaired) electrons. The first-order chi connectivity index (χ1) is 13.1. The normalized spacial score (nSPS) is 11.9. The van der Waals surface area contributed by atoms with Crippen LogP contribution in [-0.4, -0.2) is 0 Å². The van der Waals surface area contributed by atoms with E-state index in [2.05, 4.69) is 81.4 Å². The Bertz CT molecular complexity index is 1330. The van der Waals surface area contributed by atoms with E-state index in [1.54, 1.807) is 0 Å². The minimum Gasteiger partial charge on any atom is -0.0511 e. The maximum absolute atomic E-state index is 2.41. The third-order valence-corrected chi connectivity index (χ3v) is 7.71. The second-order valence-corrected chi connectivity index (χ2v) is 8.99. The fraction of sp³-hybridized carbons (Fsp3) is 0.357. The summed E-state index contributed by atoms with van der Waals surface area (Å²) in [5.74, 6) is 0. The molecule has 0 aliphatic carbocycles. The standard InChI is InChI=1S/C28H32/c1-13-11-23-12-14(2)24-27-20(8)17(5)16(4)19(7)25(27)21(9)22(10)28(24)26(23)18(6)15(13)3/h11-12H,1-10H3. The van der Waals surface area contributed by atoms with Gasteiger partial charge in [0.15, 0.2) is 0 Å². The maximum atomic E-state index is 2.41. The van der Waals surface area contributed by atoms with Gasteiger partial charge in [0.2, 0.25) is 0 Å². The minimum absolute atomic E-state index is 1.38. The summed E-state index contributed by atoms with van der Waals surface area (Å²) in [6, 6.07) is 4.79. The maximum Gasteiger partial charge on any atom is -0.00615 e. The van der Waals surface area contributed by atoms with E-state index in [0.717, 1.165) is 0 Å². The van der Waals surface area contributed by atoms with Crippen LogP contribution in [0.2, 0.25) is 0 Å². The molecule has 4 aromatic rings. The lowest BCUT2D eigenvalue weighted by Gasteiger charge is -2.23. The van der Waals surface area contributed by atoms with Crippen LogP contribution in [0.3, 0.4) is 0 Å². The molecule has 28 heavy (non-hydrogen) atoms. The van der Waals surface area contributed by atoms with Gasteiger partial charge in [-0.2, -0.15) is 0 Å². The van der Waals surface area contributed by atoms with Crippen LogP contribution in [-0.2, 0) is 0 Å². The summed E-state index contributed by atoms with van der Waals surface area (Å²) in [6.07, 6.45) is 0. The van der Waals surface area contributed by atoms with Gasteiger partial charge >= 0.3 is 0 Å². The summed E-state index contributed by atoms with van der Waals surface area (Å²) >= 11 is 0. The lowest BCUT2D eigenvalue weighted by Crippen LogP contribution is -2.01. The van der Waals surface area contributed by atoms with Gasteiger partial charge in [-0.05, 0) is 157 Å². The number of benzene rings is 4. The topological polar surface area (TPSA) is 0 Å². The molecule has 0 aliphatic rings. The van der Waals surface area contributed by atoms with E-state index in [9.17, 15) is 0 Å². The van der Waals surface area contributed by atoms with Crippen molar-refractivity contribution in [3.63, 3.8) is 0 Å². The highest BCUT2D eigenvalue weighted by Crippen LogP contribution is 2.44. The van der Waals surface area contributed by atoms with Crippen molar-refractivity contribution < 1.29 is 0 Å². The molecule has 0 saturated heterocycles. The van der Waals surface area contributed by atoms with E-state index < -0.39 is 0 Å². The highest BCUT2D eigenvalue weighted by atomic mass is 14.2. The van der Waals surface area contributed by atoms with Crippen LogP contribution in [0.1, 0.15) is 55.6 Å². The van der Waals surface area contributed by atoms with Gasteiger partial charge in [-0.15, -0.1) is 0 Å². The molecule has 0 amide bonds. The van der Waals surface area contributed by atoms with Crippen LogP contribution >= 0.6 is 0 Å². The van der Waals surface area contributed by atoms with E-state index in [4.69, 9.17) is 0 Å². The van der Waals surface area contributed by atoms with Crippen molar-refractivity contribution in [2.24, 2.45) is 0 Å². The fourth-order valence-corrected chi connectivity index (χ4v) is 5.35. The molecule has 0 N–H and O–H groups in total. The van der Waals surface area contributed by atoms with Crippen LogP contribution < -0.4 is 0 Å². The third-order valence-electron chi connectivity index (χ3n) is 7.71. The van der Waals surface area contributed by atoms with Gasteiger partial charge in [-0.1, -0.05) is 12.1 Å². The van der Waals surface area contributed by atoms with Gasteiger partial charge in [-0.3, -0.25) is 0 Å². The molecule has 0 heteroatoms. The van der Waals surface area contributed by atoms with Crippen LogP contribution in [0.5, 0.6) is 0 Å². The molecule has 0 bridgehead atoms. The Hall–Kier alpha value is -2.34. The zero-order chi connectivity index (χ0) is 20.7. The Kier molecular flexibility index (Phi) is 4.12. The van der Waals surface area contributed by atoms with Crippen LogP contribution in [0, 0.1) is 69.2 Å². The Balaban J connectivity index is 2.49. The van der Waals surface area contributed by atoms with Crippen molar-refractivity contribution in [3.8, 4) is 0 Å². The van der Waals surface area contributed by atoms with Crippen molar-refractivity contribution in [2.75, 3.05) is 0 Å². The van der Waals surface area contributed by atoms with Gasteiger partial charge in [0.1, 0.15) is 0 Å². The van der Waals surface area contributed by atoms with Gasteiger partial charge in [0.05, 0.1) is 0 Å². The third kappa shape index (κ3) is 2.24. The summed E-state index contributed by atoms with van der Waals surface area (Å²) < 4.78 is 0. The number of fused-ring (bicyclic) bond motifs is 5. The first-order valence-electron chi connectivity index (χ1n) is 10.4. The minimum atomic E-state index is 1.38. The highest BCUT2D eigenvalue weighted by molar-refractivity contribution is 6.23. The quantitative estimate of drug-likeness (QED) is 0.274. The lowest BCUT2D eigenvalue weighted by atomic mass is 9.80. The summed E-state index contributed by atoms with van der Waals surface area (Å²) in [4.78, 5) is 0. The number of hydrogen-bond acceptors (Lipinski definition) is 0. The van der Waals surface area contributed by atoms with Gasteiger partial charge in [0.25, 0.3) is 0 Å². The monoisotopic (exact) mass is 368 g/mol. The zero-order valence-corrected chi connectivity index (χ0v) is 19.2. The molecule has 4 aromatic carbocycles. The highest BCUT2D eigenvalue weighted by Gasteiger charge is 2.20. The summed E-state index contributed by atoms with van der Waals surface area (Å²) in [7, 11) is 0. The second-order valence-electron chi connectivity index (χ2n) is 8.99. The average Bonchev–Trinajstić information content (AvgIpc) is 2.65. The molecule has 0 unspecified atom stereocenters. The molecule has 0 aliphatic heterocycles. The van der Waals surface area contributed by atoms with E-state index in [1.807, 2.05) is 0 Å². The van der Waals surface area contributed by atoms with Crippen molar-refractivity contribution in [3.05, 3.63) is 67.8 Å². The largest absolute Gasteiger partial charge is 0.0511 e. The van der Waals surface area contributed by atoms with Crippen LogP contribution in [0.4, 0.5) is 0 Å². The lowest BCUT2D eigenvalue weighted by molar-refractivity contribution is 1.24. The Morgan fingerprint density at radius 2 is 0.714 bits per heavy atom. The van der Waals surface area contributed by atoms with Crippen LogP contribution in [0.25, 0.3) is 32.3 Å². The smallest absolute Gasteiger partial charge is 0.00615 e. The van der Waals surface area contributed by atoms with E-state index in [1.165, 1.54) is 88.0 Å². The molecule has 144 valence electrons. The first-order valence-corrected chi connectivity index (χ1v) is 10.4. The molecule has 0 spiro atoms. The summed E-state index contributed by atoms with van der Waals surface area (Å²) in [6.45, 7) is 22.9. The number of rotatable bonds is 0. The number of hydrogen-bond donors (Lipinski definition) is 0. The van der Waals surface area contributed by atoms with E-state index in [-0.39, 0.29) is 0 Å². The molecule has 0 fully saturated rings. The molecule has 0 saturated carbocycles. The molecular weight excluding hydrogens is 336 g/mol. The zero-order valence-electron chi connectivity index (χ0n) is 19.2. The van der Waals surface area contributed by atoms with E-state index in [0.29, 0.717) is 0 Å². The molecule has 0 heterocycles. The Morgan fingerprint density at radius 1 is 0.321 bits per heavy atom. The van der Waals surface area contributed by atoms with Gasteiger partial charge < -0.3 is 0 Å². The summed E-state index contributed by atoms with van der Waals surface area (Å²) in [5, 5.41) is 8.68. The molecular formula is C28H32. The predicted molar refractivity (Wildman–Crippen MR) is 126 cm³/mol. The SMILES string of the molecule is Cc1cc2cc(C)c3c4c(C)c(C)c(C)c(C)c4c(C)c(C)c3c2c(C)c1C. The van der Waals surface area contributed by atoms with Crippen molar-refractivity contribution >= 4 is 32.3 Å². The van der Waals surface area contributed by atoms with Gasteiger partial charge in [-0.25, -0.2) is 0 Å². The molecule has 0 atom stereocenters. The predicted octanol–water partition coefficient (Wildman–Crippen LogP) is 8.23. The van der Waals surface area contributed by atoms with Crippen molar-refractivity contribution in [2.45, 2.75) is 69.2 Å². The molecule has 0 aromatic heterocycles. The Labute approximate surface area is 169 Å². The number of aryl methyl sites for hydroxylation is 7. The van der Waals surface area contributed by atoms with Crippen molar-refractivity contribution in [1.29, 1.82) is 0 Å². The first kappa shape index (κ1) is 19.0. The van der Waals surface area contributed by atoms with E-state index >= 15 is 0 Å². The average molecular weight is 369 g/mol. The fourth-order valence-electron chi connectivity index (χ4n) is 5.35. The molecule has 0 nitrogen and oxygen atoms in total.